The normalized spacial score (nSPS) is 11.4. The predicted molar refractivity (Wildman–Crippen MR) is 71.1 cm³/mol. The molecule has 0 unspecified atom stereocenters. The Morgan fingerprint density at radius 2 is 1.88 bits per heavy atom. The summed E-state index contributed by atoms with van der Waals surface area (Å²) < 4.78 is 0. The van der Waals surface area contributed by atoms with Crippen LogP contribution in [-0.2, 0) is 4.79 Å². The molecule has 1 heterocycles. The molecule has 0 fully saturated rings. The summed E-state index contributed by atoms with van der Waals surface area (Å²) in [5.74, 6) is 0.0503. The maximum absolute atomic E-state index is 11.9. The number of amides is 1. The van der Waals surface area contributed by atoms with Crippen molar-refractivity contribution in [2.45, 2.75) is 48.0 Å². The largest absolute Gasteiger partial charge is 0.324 e. The molecule has 94 valence electrons. The van der Waals surface area contributed by atoms with E-state index in [-0.39, 0.29) is 11.3 Å². The lowest BCUT2D eigenvalue weighted by Crippen LogP contribution is -2.20. The second kappa shape index (κ2) is 4.86. The molecule has 0 spiro atoms. The van der Waals surface area contributed by atoms with E-state index < -0.39 is 0 Å². The highest BCUT2D eigenvalue weighted by molar-refractivity contribution is 5.92. The molecule has 0 aliphatic rings. The van der Waals surface area contributed by atoms with Crippen molar-refractivity contribution in [3.05, 3.63) is 23.0 Å². The average molecular weight is 234 g/mol. The zero-order valence-electron chi connectivity index (χ0n) is 11.6. The van der Waals surface area contributed by atoms with Crippen LogP contribution in [0.1, 0.15) is 44.1 Å². The number of carbonyl (C=O) groups is 1. The van der Waals surface area contributed by atoms with E-state index in [4.69, 9.17) is 0 Å². The first kappa shape index (κ1) is 13.7. The van der Waals surface area contributed by atoms with Crippen LogP contribution in [0, 0.1) is 26.2 Å². The van der Waals surface area contributed by atoms with Gasteiger partial charge in [-0.2, -0.15) is 0 Å². The van der Waals surface area contributed by atoms with Crippen LogP contribution in [0.25, 0.3) is 0 Å². The van der Waals surface area contributed by atoms with Gasteiger partial charge in [-0.05, 0) is 37.8 Å². The minimum atomic E-state index is 0.00399. The van der Waals surface area contributed by atoms with E-state index in [0.717, 1.165) is 22.6 Å². The Bertz CT molecular complexity index is 407. The van der Waals surface area contributed by atoms with Crippen LogP contribution in [0.15, 0.2) is 6.07 Å². The van der Waals surface area contributed by atoms with Crippen molar-refractivity contribution in [1.82, 2.24) is 4.98 Å². The fourth-order valence-corrected chi connectivity index (χ4v) is 1.88. The standard InChI is InChI=1S/C14H22N2O/c1-9-7-10(2)15-11(3)13(9)16-12(17)8-14(4,5)6/h7H,8H2,1-6H3,(H,16,17). The maximum atomic E-state index is 11.9. The van der Waals surface area contributed by atoms with Gasteiger partial charge in [0.15, 0.2) is 0 Å². The molecule has 0 atom stereocenters. The number of nitrogens with one attached hydrogen (secondary N) is 1. The number of anilines is 1. The molecule has 17 heavy (non-hydrogen) atoms. The number of hydrogen-bond acceptors (Lipinski definition) is 2. The van der Waals surface area contributed by atoms with Crippen molar-refractivity contribution >= 4 is 11.6 Å². The predicted octanol–water partition coefficient (Wildman–Crippen LogP) is 3.38. The van der Waals surface area contributed by atoms with Crippen LogP contribution in [0.3, 0.4) is 0 Å². The average Bonchev–Trinajstić information content (AvgIpc) is 2.08. The van der Waals surface area contributed by atoms with Gasteiger partial charge in [0.05, 0.1) is 11.4 Å². The van der Waals surface area contributed by atoms with Crippen molar-refractivity contribution in [2.24, 2.45) is 5.41 Å². The van der Waals surface area contributed by atoms with E-state index in [9.17, 15) is 4.79 Å². The van der Waals surface area contributed by atoms with Gasteiger partial charge in [-0.25, -0.2) is 0 Å². The minimum absolute atomic E-state index is 0.00399. The highest BCUT2D eigenvalue weighted by atomic mass is 16.1. The van der Waals surface area contributed by atoms with Crippen LogP contribution in [-0.4, -0.2) is 10.9 Å². The zero-order chi connectivity index (χ0) is 13.2. The number of aryl methyl sites for hydroxylation is 3. The summed E-state index contributed by atoms with van der Waals surface area (Å²) >= 11 is 0. The van der Waals surface area contributed by atoms with E-state index in [1.54, 1.807) is 0 Å². The number of aromatic nitrogens is 1. The van der Waals surface area contributed by atoms with Crippen LogP contribution < -0.4 is 5.32 Å². The molecule has 3 heteroatoms. The SMILES string of the molecule is Cc1cc(C)c(NC(=O)CC(C)(C)C)c(C)n1. The van der Waals surface area contributed by atoms with Gasteiger partial charge < -0.3 is 5.32 Å². The fourth-order valence-electron chi connectivity index (χ4n) is 1.88. The lowest BCUT2D eigenvalue weighted by molar-refractivity contribution is -0.117. The molecule has 0 saturated heterocycles. The second-order valence-electron chi connectivity index (χ2n) is 5.83. The zero-order valence-corrected chi connectivity index (χ0v) is 11.6. The number of pyridine rings is 1. The molecular formula is C14H22N2O. The molecule has 1 N–H and O–H groups in total. The van der Waals surface area contributed by atoms with Crippen LogP contribution >= 0.6 is 0 Å². The molecule has 0 aliphatic carbocycles. The van der Waals surface area contributed by atoms with Crippen molar-refractivity contribution < 1.29 is 4.79 Å². The summed E-state index contributed by atoms with van der Waals surface area (Å²) in [7, 11) is 0. The molecule has 1 aromatic heterocycles. The van der Waals surface area contributed by atoms with Gasteiger partial charge in [0.25, 0.3) is 0 Å². The molecule has 3 nitrogen and oxygen atoms in total. The Balaban J connectivity index is 2.86. The number of rotatable bonds is 2. The number of hydrogen-bond donors (Lipinski definition) is 1. The highest BCUT2D eigenvalue weighted by Gasteiger charge is 2.17. The maximum Gasteiger partial charge on any atom is 0.224 e. The van der Waals surface area contributed by atoms with Gasteiger partial charge in [-0.1, -0.05) is 20.8 Å². The third-order valence-corrected chi connectivity index (χ3v) is 2.48. The molecule has 0 bridgehead atoms. The fraction of sp³-hybridized carbons (Fsp3) is 0.571. The smallest absolute Gasteiger partial charge is 0.224 e. The Morgan fingerprint density at radius 1 is 1.29 bits per heavy atom. The molecule has 0 radical (unpaired) electrons. The first-order chi connectivity index (χ1) is 7.69. The Labute approximate surface area is 104 Å². The molecule has 0 saturated carbocycles. The first-order valence-corrected chi connectivity index (χ1v) is 5.94. The van der Waals surface area contributed by atoms with Crippen molar-refractivity contribution in [2.75, 3.05) is 5.32 Å². The third kappa shape index (κ3) is 4.17. The Hall–Kier alpha value is -1.38. The molecule has 1 rings (SSSR count). The highest BCUT2D eigenvalue weighted by Crippen LogP contribution is 2.23. The summed E-state index contributed by atoms with van der Waals surface area (Å²) in [6.07, 6.45) is 0.514. The van der Waals surface area contributed by atoms with Crippen molar-refractivity contribution in [1.29, 1.82) is 0 Å². The summed E-state index contributed by atoms with van der Waals surface area (Å²) in [5.41, 5.74) is 3.78. The molecule has 0 aliphatic heterocycles. The number of carbonyl (C=O) groups excluding carboxylic acids is 1. The lowest BCUT2D eigenvalue weighted by atomic mass is 9.92. The number of nitrogens with zero attached hydrogens (tertiary/aromatic N) is 1. The van der Waals surface area contributed by atoms with E-state index in [2.05, 4.69) is 31.1 Å². The summed E-state index contributed by atoms with van der Waals surface area (Å²) in [5, 5.41) is 2.96. The molecule has 0 aromatic carbocycles. The van der Waals surface area contributed by atoms with Crippen molar-refractivity contribution in [3.8, 4) is 0 Å². The Kier molecular flexibility index (Phi) is 3.91. The van der Waals surface area contributed by atoms with Gasteiger partial charge in [0.1, 0.15) is 0 Å². The van der Waals surface area contributed by atoms with Gasteiger partial charge >= 0.3 is 0 Å². The first-order valence-electron chi connectivity index (χ1n) is 5.94. The molecular weight excluding hydrogens is 212 g/mol. The quantitative estimate of drug-likeness (QED) is 0.852. The van der Waals surface area contributed by atoms with E-state index in [1.807, 2.05) is 26.8 Å². The second-order valence-corrected chi connectivity index (χ2v) is 5.83. The monoisotopic (exact) mass is 234 g/mol. The summed E-state index contributed by atoms with van der Waals surface area (Å²) in [6.45, 7) is 12.0. The molecule has 1 aromatic rings. The summed E-state index contributed by atoms with van der Waals surface area (Å²) in [6, 6.07) is 1.99. The van der Waals surface area contributed by atoms with Gasteiger partial charge in [0, 0.05) is 12.1 Å². The van der Waals surface area contributed by atoms with Crippen LogP contribution in [0.5, 0.6) is 0 Å². The third-order valence-electron chi connectivity index (χ3n) is 2.48. The van der Waals surface area contributed by atoms with E-state index >= 15 is 0 Å². The van der Waals surface area contributed by atoms with E-state index in [0.29, 0.717) is 6.42 Å². The summed E-state index contributed by atoms with van der Waals surface area (Å²) in [4.78, 5) is 16.2. The van der Waals surface area contributed by atoms with Gasteiger partial charge in [0.2, 0.25) is 5.91 Å². The molecule has 1 amide bonds. The van der Waals surface area contributed by atoms with Crippen molar-refractivity contribution in [3.63, 3.8) is 0 Å². The minimum Gasteiger partial charge on any atom is -0.324 e. The topological polar surface area (TPSA) is 42.0 Å². The lowest BCUT2D eigenvalue weighted by Gasteiger charge is -2.18. The van der Waals surface area contributed by atoms with Gasteiger partial charge in [-0.3, -0.25) is 9.78 Å². The van der Waals surface area contributed by atoms with Crippen LogP contribution in [0.2, 0.25) is 0 Å². The van der Waals surface area contributed by atoms with Crippen LogP contribution in [0.4, 0.5) is 5.69 Å². The Morgan fingerprint density at radius 3 is 2.35 bits per heavy atom. The van der Waals surface area contributed by atoms with E-state index in [1.165, 1.54) is 0 Å². The van der Waals surface area contributed by atoms with Gasteiger partial charge in [-0.15, -0.1) is 0 Å².